The lowest BCUT2D eigenvalue weighted by molar-refractivity contribution is 0.0162. The Morgan fingerprint density at radius 1 is 1.06 bits per heavy atom. The largest absolute Gasteiger partial charge is 0.379 e. The molecule has 4 aromatic rings. The number of ether oxygens (including phenoxy) is 1. The highest BCUT2D eigenvalue weighted by Crippen LogP contribution is 2.24. The monoisotopic (exact) mass is 458 g/mol. The zero-order valence-electron chi connectivity index (χ0n) is 19.1. The van der Waals surface area contributed by atoms with E-state index in [1.807, 2.05) is 55.5 Å². The molecule has 0 saturated carbocycles. The molecule has 0 bridgehead atoms. The highest BCUT2D eigenvalue weighted by molar-refractivity contribution is 5.97. The zero-order chi connectivity index (χ0) is 23.5. The number of imidazole rings is 1. The van der Waals surface area contributed by atoms with E-state index in [1.165, 1.54) is 12.1 Å². The second kappa shape index (κ2) is 9.75. The first-order chi connectivity index (χ1) is 16.6. The van der Waals surface area contributed by atoms with E-state index in [0.717, 1.165) is 41.2 Å². The molecule has 1 aromatic heterocycles. The van der Waals surface area contributed by atoms with Gasteiger partial charge in [-0.25, -0.2) is 9.37 Å². The molecule has 6 nitrogen and oxygen atoms in total. The van der Waals surface area contributed by atoms with Gasteiger partial charge in [-0.3, -0.25) is 14.3 Å². The summed E-state index contributed by atoms with van der Waals surface area (Å²) < 4.78 is 21.1. The second-order valence-electron chi connectivity index (χ2n) is 8.46. The molecule has 1 fully saturated rings. The van der Waals surface area contributed by atoms with Gasteiger partial charge in [0.15, 0.2) is 0 Å². The third-order valence-electron chi connectivity index (χ3n) is 6.30. The fourth-order valence-electron chi connectivity index (χ4n) is 4.57. The summed E-state index contributed by atoms with van der Waals surface area (Å²) in [4.78, 5) is 20.0. The van der Waals surface area contributed by atoms with Crippen molar-refractivity contribution in [3.63, 3.8) is 0 Å². The van der Waals surface area contributed by atoms with Gasteiger partial charge in [-0.1, -0.05) is 30.3 Å². The van der Waals surface area contributed by atoms with Crippen molar-refractivity contribution < 1.29 is 13.9 Å². The Morgan fingerprint density at radius 2 is 1.79 bits per heavy atom. The Morgan fingerprint density at radius 3 is 2.53 bits per heavy atom. The minimum Gasteiger partial charge on any atom is -0.379 e. The third kappa shape index (κ3) is 4.58. The minimum atomic E-state index is -0.271. The van der Waals surface area contributed by atoms with Crippen LogP contribution in [0.2, 0.25) is 0 Å². The standard InChI is InChI=1S/C27H27FN4O2/c1-19-30-24-17-21(9-12-25(24)32(19)23-5-3-2-4-6-23)27(33)29-18-26(31-13-15-34-16-14-31)20-7-10-22(28)11-8-20/h2-12,17,26H,13-16,18H2,1H3,(H,29,33). The number of para-hydroxylation sites is 1. The number of nitrogens with zero attached hydrogens (tertiary/aromatic N) is 3. The number of nitrogens with one attached hydrogen (secondary N) is 1. The summed E-state index contributed by atoms with van der Waals surface area (Å²) in [6.07, 6.45) is 0. The molecule has 1 atom stereocenters. The molecule has 1 aliphatic heterocycles. The van der Waals surface area contributed by atoms with Crippen molar-refractivity contribution in [2.24, 2.45) is 0 Å². The van der Waals surface area contributed by atoms with Crippen LogP contribution in [-0.4, -0.2) is 53.2 Å². The number of carbonyl (C=O) groups is 1. The third-order valence-corrected chi connectivity index (χ3v) is 6.30. The van der Waals surface area contributed by atoms with Crippen molar-refractivity contribution in [2.45, 2.75) is 13.0 Å². The van der Waals surface area contributed by atoms with Gasteiger partial charge in [-0.15, -0.1) is 0 Å². The van der Waals surface area contributed by atoms with Gasteiger partial charge in [-0.05, 0) is 55.0 Å². The Labute approximate surface area is 198 Å². The molecular formula is C27H27FN4O2. The predicted octanol–water partition coefficient (Wildman–Crippen LogP) is 4.28. The van der Waals surface area contributed by atoms with Crippen molar-refractivity contribution in [1.82, 2.24) is 19.8 Å². The van der Waals surface area contributed by atoms with Gasteiger partial charge in [-0.2, -0.15) is 0 Å². The van der Waals surface area contributed by atoms with Crippen molar-refractivity contribution in [3.05, 3.63) is 95.6 Å². The van der Waals surface area contributed by atoms with Gasteiger partial charge < -0.3 is 10.1 Å². The summed E-state index contributed by atoms with van der Waals surface area (Å²) in [5.41, 5.74) is 4.30. The van der Waals surface area contributed by atoms with Crippen molar-refractivity contribution in [2.75, 3.05) is 32.8 Å². The lowest BCUT2D eigenvalue weighted by Crippen LogP contribution is -2.43. The quantitative estimate of drug-likeness (QED) is 0.469. The topological polar surface area (TPSA) is 59.4 Å². The molecule has 1 N–H and O–H groups in total. The van der Waals surface area contributed by atoms with E-state index in [1.54, 1.807) is 12.1 Å². The van der Waals surface area contributed by atoms with E-state index in [-0.39, 0.29) is 17.8 Å². The SMILES string of the molecule is Cc1nc2cc(C(=O)NCC(c3ccc(F)cc3)N3CCOCC3)ccc2n1-c1ccccc1. The fraction of sp³-hybridized carbons (Fsp3) is 0.259. The number of fused-ring (bicyclic) bond motifs is 1. The van der Waals surface area contributed by atoms with Crippen LogP contribution in [-0.2, 0) is 4.74 Å². The van der Waals surface area contributed by atoms with E-state index in [9.17, 15) is 9.18 Å². The van der Waals surface area contributed by atoms with E-state index in [0.29, 0.717) is 25.3 Å². The number of hydrogen-bond acceptors (Lipinski definition) is 4. The van der Waals surface area contributed by atoms with Gasteiger partial charge in [0.05, 0.1) is 30.3 Å². The van der Waals surface area contributed by atoms with E-state index in [2.05, 4.69) is 19.8 Å². The highest BCUT2D eigenvalue weighted by atomic mass is 19.1. The molecule has 34 heavy (non-hydrogen) atoms. The van der Waals surface area contributed by atoms with Crippen LogP contribution in [0.15, 0.2) is 72.8 Å². The summed E-state index contributed by atoms with van der Waals surface area (Å²) in [5.74, 6) is 0.434. The average molecular weight is 459 g/mol. The maximum absolute atomic E-state index is 13.5. The molecule has 1 unspecified atom stereocenters. The first kappa shape index (κ1) is 22.3. The maximum atomic E-state index is 13.5. The van der Waals surface area contributed by atoms with Gasteiger partial charge >= 0.3 is 0 Å². The molecule has 7 heteroatoms. The number of benzene rings is 3. The van der Waals surface area contributed by atoms with Gasteiger partial charge in [0, 0.05) is 30.9 Å². The van der Waals surface area contributed by atoms with Crippen molar-refractivity contribution in [3.8, 4) is 5.69 Å². The molecule has 3 aromatic carbocycles. The Bertz CT molecular complexity index is 1280. The highest BCUT2D eigenvalue weighted by Gasteiger charge is 2.24. The molecule has 2 heterocycles. The van der Waals surface area contributed by atoms with E-state index >= 15 is 0 Å². The van der Waals surface area contributed by atoms with Crippen LogP contribution in [0, 0.1) is 12.7 Å². The molecule has 5 rings (SSSR count). The van der Waals surface area contributed by atoms with Crippen molar-refractivity contribution >= 4 is 16.9 Å². The lowest BCUT2D eigenvalue weighted by atomic mass is 10.0. The lowest BCUT2D eigenvalue weighted by Gasteiger charge is -2.35. The average Bonchev–Trinajstić information content (AvgIpc) is 3.21. The zero-order valence-corrected chi connectivity index (χ0v) is 19.1. The van der Waals surface area contributed by atoms with Gasteiger partial charge in [0.2, 0.25) is 0 Å². The Kier molecular flexibility index (Phi) is 6.38. The van der Waals surface area contributed by atoms with Crippen LogP contribution in [0.25, 0.3) is 16.7 Å². The first-order valence-electron chi connectivity index (χ1n) is 11.5. The summed E-state index contributed by atoms with van der Waals surface area (Å²) in [7, 11) is 0. The van der Waals surface area contributed by atoms with E-state index in [4.69, 9.17) is 4.74 Å². The van der Waals surface area contributed by atoms with Crippen LogP contribution < -0.4 is 5.32 Å². The number of hydrogen-bond donors (Lipinski definition) is 1. The molecule has 0 radical (unpaired) electrons. The molecule has 1 aliphatic rings. The summed E-state index contributed by atoms with van der Waals surface area (Å²) in [6, 6.07) is 22.1. The number of aryl methyl sites for hydroxylation is 1. The van der Waals surface area contributed by atoms with E-state index < -0.39 is 0 Å². The Hall–Kier alpha value is -3.55. The van der Waals surface area contributed by atoms with Crippen molar-refractivity contribution in [1.29, 1.82) is 0 Å². The minimum absolute atomic E-state index is 0.0586. The number of aromatic nitrogens is 2. The molecular weight excluding hydrogens is 431 g/mol. The maximum Gasteiger partial charge on any atom is 0.251 e. The predicted molar refractivity (Wildman–Crippen MR) is 130 cm³/mol. The van der Waals surface area contributed by atoms with Gasteiger partial charge in [0.25, 0.3) is 5.91 Å². The number of carbonyl (C=O) groups excluding carboxylic acids is 1. The second-order valence-corrected chi connectivity index (χ2v) is 8.46. The summed E-state index contributed by atoms with van der Waals surface area (Å²) in [5, 5.41) is 3.08. The molecule has 0 spiro atoms. The summed E-state index contributed by atoms with van der Waals surface area (Å²) in [6.45, 7) is 5.19. The van der Waals surface area contributed by atoms with Crippen LogP contribution in [0.3, 0.4) is 0 Å². The molecule has 0 aliphatic carbocycles. The van der Waals surface area contributed by atoms with Crippen LogP contribution in [0.4, 0.5) is 4.39 Å². The fourth-order valence-corrected chi connectivity index (χ4v) is 4.57. The first-order valence-corrected chi connectivity index (χ1v) is 11.5. The molecule has 1 amide bonds. The molecule has 1 saturated heterocycles. The Balaban J connectivity index is 1.36. The number of amides is 1. The van der Waals surface area contributed by atoms with Crippen LogP contribution in [0.1, 0.15) is 27.8 Å². The van der Waals surface area contributed by atoms with Gasteiger partial charge in [0.1, 0.15) is 11.6 Å². The van der Waals surface area contributed by atoms with Crippen LogP contribution >= 0.6 is 0 Å². The number of halogens is 1. The molecule has 174 valence electrons. The number of rotatable bonds is 6. The normalized spacial score (nSPS) is 15.4. The summed E-state index contributed by atoms with van der Waals surface area (Å²) >= 11 is 0. The van der Waals surface area contributed by atoms with Crippen LogP contribution in [0.5, 0.6) is 0 Å². The smallest absolute Gasteiger partial charge is 0.251 e. The number of morpholine rings is 1.